The largest absolute Gasteiger partial charge is 0.398 e. The van der Waals surface area contributed by atoms with E-state index in [2.05, 4.69) is 27.8 Å². The van der Waals surface area contributed by atoms with Gasteiger partial charge < -0.3 is 5.73 Å². The van der Waals surface area contributed by atoms with Gasteiger partial charge in [0.25, 0.3) is 0 Å². The molecule has 0 aliphatic rings. The zero-order valence-corrected chi connectivity index (χ0v) is 8.87. The Morgan fingerprint density at radius 1 is 1.29 bits per heavy atom. The lowest BCUT2D eigenvalue weighted by molar-refractivity contribution is 0.509. The van der Waals surface area contributed by atoms with Crippen LogP contribution in [-0.4, -0.2) is 5.33 Å². The van der Waals surface area contributed by atoms with Crippen LogP contribution < -0.4 is 5.73 Å². The fourth-order valence-electron chi connectivity index (χ4n) is 0.875. The van der Waals surface area contributed by atoms with Crippen LogP contribution in [0, 0.1) is 23.5 Å². The third-order valence-electron chi connectivity index (χ3n) is 1.53. The molecule has 2 N–H and O–H groups in total. The number of anilines is 1. The number of nitrogens with two attached hydrogens (primary N) is 1. The van der Waals surface area contributed by atoms with Crippen LogP contribution in [0.15, 0.2) is 12.1 Å². The Bertz CT molecular complexity index is 393. The lowest BCUT2D eigenvalue weighted by Gasteiger charge is -1.98. The minimum absolute atomic E-state index is 0.158. The second kappa shape index (κ2) is 4.97. The van der Waals surface area contributed by atoms with Gasteiger partial charge in [-0.15, -0.1) is 0 Å². The van der Waals surface area contributed by atoms with Gasteiger partial charge >= 0.3 is 0 Å². The van der Waals surface area contributed by atoms with Gasteiger partial charge in [0.2, 0.25) is 0 Å². The van der Waals surface area contributed by atoms with Crippen LogP contribution in [0.3, 0.4) is 0 Å². The zero-order valence-electron chi connectivity index (χ0n) is 7.28. The van der Waals surface area contributed by atoms with Crippen molar-refractivity contribution in [3.05, 3.63) is 29.3 Å². The van der Waals surface area contributed by atoms with Crippen molar-refractivity contribution in [2.75, 3.05) is 11.1 Å². The molecule has 1 aromatic rings. The molecule has 0 bridgehead atoms. The van der Waals surface area contributed by atoms with Crippen molar-refractivity contribution < 1.29 is 8.78 Å². The third kappa shape index (κ3) is 2.71. The Balaban J connectivity index is 3.00. The SMILES string of the molecule is Nc1cc(F)c(F)cc1C#CCCBr. The predicted molar refractivity (Wildman–Crippen MR) is 56.1 cm³/mol. The molecule has 0 heterocycles. The lowest BCUT2D eigenvalue weighted by atomic mass is 10.1. The van der Waals surface area contributed by atoms with Crippen molar-refractivity contribution in [2.24, 2.45) is 0 Å². The summed E-state index contributed by atoms with van der Waals surface area (Å²) in [4.78, 5) is 0. The first-order valence-electron chi connectivity index (χ1n) is 3.94. The Morgan fingerprint density at radius 3 is 2.57 bits per heavy atom. The molecule has 0 unspecified atom stereocenters. The van der Waals surface area contributed by atoms with Gasteiger partial charge in [-0.05, 0) is 6.07 Å². The molecule has 0 saturated heterocycles. The maximum atomic E-state index is 12.8. The molecule has 1 aromatic carbocycles. The topological polar surface area (TPSA) is 26.0 Å². The highest BCUT2D eigenvalue weighted by molar-refractivity contribution is 9.09. The molecule has 0 spiro atoms. The van der Waals surface area contributed by atoms with Crippen LogP contribution in [0.25, 0.3) is 0 Å². The molecule has 0 aromatic heterocycles. The summed E-state index contributed by atoms with van der Waals surface area (Å²) in [6, 6.07) is 1.94. The molecule has 0 fully saturated rings. The molecule has 1 rings (SSSR count). The number of hydrogen-bond acceptors (Lipinski definition) is 1. The highest BCUT2D eigenvalue weighted by Crippen LogP contribution is 2.15. The highest BCUT2D eigenvalue weighted by atomic mass is 79.9. The lowest BCUT2D eigenvalue weighted by Crippen LogP contribution is -1.94. The van der Waals surface area contributed by atoms with E-state index in [1.807, 2.05) is 0 Å². The van der Waals surface area contributed by atoms with E-state index in [0.29, 0.717) is 12.0 Å². The number of halogens is 3. The van der Waals surface area contributed by atoms with Gasteiger partial charge in [0.15, 0.2) is 11.6 Å². The minimum Gasteiger partial charge on any atom is -0.398 e. The summed E-state index contributed by atoms with van der Waals surface area (Å²) in [6.45, 7) is 0. The van der Waals surface area contributed by atoms with Crippen molar-refractivity contribution in [3.63, 3.8) is 0 Å². The van der Waals surface area contributed by atoms with Crippen molar-refractivity contribution in [2.45, 2.75) is 6.42 Å². The average molecular weight is 260 g/mol. The molecule has 0 saturated carbocycles. The van der Waals surface area contributed by atoms with Crippen LogP contribution in [0.5, 0.6) is 0 Å². The smallest absolute Gasteiger partial charge is 0.160 e. The molecule has 1 nitrogen and oxygen atoms in total. The normalized spacial score (nSPS) is 9.36. The highest BCUT2D eigenvalue weighted by Gasteiger charge is 2.05. The van der Waals surface area contributed by atoms with Gasteiger partial charge in [-0.1, -0.05) is 27.8 Å². The van der Waals surface area contributed by atoms with E-state index >= 15 is 0 Å². The first-order chi connectivity index (χ1) is 6.65. The van der Waals surface area contributed by atoms with E-state index in [-0.39, 0.29) is 5.69 Å². The van der Waals surface area contributed by atoms with Gasteiger partial charge in [-0.3, -0.25) is 0 Å². The van der Waals surface area contributed by atoms with Crippen LogP contribution in [-0.2, 0) is 0 Å². The quantitative estimate of drug-likeness (QED) is 0.469. The maximum Gasteiger partial charge on any atom is 0.160 e. The standard InChI is InChI=1S/C10H8BrF2N/c11-4-2-1-3-7-5-8(12)9(13)6-10(7)14/h5-6H,2,4,14H2. The van der Waals surface area contributed by atoms with E-state index in [1.165, 1.54) is 0 Å². The van der Waals surface area contributed by atoms with Gasteiger partial charge in [-0.2, -0.15) is 0 Å². The third-order valence-corrected chi connectivity index (χ3v) is 1.93. The fourth-order valence-corrected chi connectivity index (χ4v) is 1.07. The summed E-state index contributed by atoms with van der Waals surface area (Å²) < 4.78 is 25.4. The second-order valence-corrected chi connectivity index (χ2v) is 3.39. The molecular formula is C10H8BrF2N. The van der Waals surface area contributed by atoms with Gasteiger partial charge in [0.05, 0.1) is 11.3 Å². The van der Waals surface area contributed by atoms with Crippen LogP contribution >= 0.6 is 15.9 Å². The Morgan fingerprint density at radius 2 is 1.93 bits per heavy atom. The van der Waals surface area contributed by atoms with Crippen LogP contribution in [0.4, 0.5) is 14.5 Å². The number of hydrogen-bond donors (Lipinski definition) is 1. The van der Waals surface area contributed by atoms with E-state index in [9.17, 15) is 8.78 Å². The Hall–Kier alpha value is -1.08. The monoisotopic (exact) mass is 259 g/mol. The minimum atomic E-state index is -0.950. The molecule has 4 heteroatoms. The first kappa shape index (κ1) is 11.0. The summed E-state index contributed by atoms with van der Waals surface area (Å²) in [7, 11) is 0. The average Bonchev–Trinajstić information content (AvgIpc) is 2.14. The summed E-state index contributed by atoms with van der Waals surface area (Å²) in [5.74, 6) is 3.56. The summed E-state index contributed by atoms with van der Waals surface area (Å²) in [6.07, 6.45) is 0.637. The van der Waals surface area contributed by atoms with E-state index in [0.717, 1.165) is 17.5 Å². The molecular weight excluding hydrogens is 252 g/mol. The van der Waals surface area contributed by atoms with Crippen LogP contribution in [0.1, 0.15) is 12.0 Å². The number of nitrogen functional groups attached to an aromatic ring is 1. The number of alkyl halides is 1. The van der Waals surface area contributed by atoms with E-state index < -0.39 is 11.6 Å². The summed E-state index contributed by atoms with van der Waals surface area (Å²) in [5.41, 5.74) is 5.93. The molecule has 0 aliphatic carbocycles. The van der Waals surface area contributed by atoms with E-state index in [1.54, 1.807) is 0 Å². The molecule has 0 atom stereocenters. The summed E-state index contributed by atoms with van der Waals surface area (Å²) >= 11 is 3.20. The van der Waals surface area contributed by atoms with Crippen molar-refractivity contribution >= 4 is 21.6 Å². The summed E-state index contributed by atoms with van der Waals surface area (Å²) in [5, 5.41) is 0.740. The van der Waals surface area contributed by atoms with Crippen molar-refractivity contribution in [3.8, 4) is 11.8 Å². The van der Waals surface area contributed by atoms with Gasteiger partial charge in [-0.25, -0.2) is 8.78 Å². The Kier molecular flexibility index (Phi) is 3.90. The molecule has 0 aliphatic heterocycles. The first-order valence-corrected chi connectivity index (χ1v) is 5.06. The second-order valence-electron chi connectivity index (χ2n) is 2.59. The predicted octanol–water partition coefficient (Wildman–Crippen LogP) is 2.68. The number of benzene rings is 1. The molecule has 14 heavy (non-hydrogen) atoms. The van der Waals surface area contributed by atoms with E-state index in [4.69, 9.17) is 5.73 Å². The zero-order chi connectivity index (χ0) is 10.6. The molecule has 0 radical (unpaired) electrons. The van der Waals surface area contributed by atoms with Crippen molar-refractivity contribution in [1.29, 1.82) is 0 Å². The molecule has 0 amide bonds. The number of rotatable bonds is 1. The van der Waals surface area contributed by atoms with Crippen molar-refractivity contribution in [1.82, 2.24) is 0 Å². The van der Waals surface area contributed by atoms with Gasteiger partial charge in [0, 0.05) is 17.8 Å². The maximum absolute atomic E-state index is 12.8. The van der Waals surface area contributed by atoms with Crippen LogP contribution in [0.2, 0.25) is 0 Å². The fraction of sp³-hybridized carbons (Fsp3) is 0.200. The Labute approximate surface area is 89.4 Å². The van der Waals surface area contributed by atoms with Gasteiger partial charge in [0.1, 0.15) is 0 Å². The molecule has 74 valence electrons.